The van der Waals surface area contributed by atoms with E-state index in [0.717, 1.165) is 11.8 Å². The van der Waals surface area contributed by atoms with E-state index in [4.69, 9.17) is 28.6 Å². The molecule has 8 heteroatoms. The van der Waals surface area contributed by atoms with Gasteiger partial charge in [-0.2, -0.15) is 0 Å². The van der Waals surface area contributed by atoms with Gasteiger partial charge in [0.2, 0.25) is 0 Å². The van der Waals surface area contributed by atoms with Crippen LogP contribution in [0.1, 0.15) is 5.56 Å². The lowest BCUT2D eigenvalue weighted by Crippen LogP contribution is -2.28. The first kappa shape index (κ1) is 16.7. The summed E-state index contributed by atoms with van der Waals surface area (Å²) < 4.78 is 0. The molecule has 0 unspecified atom stereocenters. The Morgan fingerprint density at radius 3 is 2.50 bits per heavy atom. The molecule has 1 aliphatic rings. The fourth-order valence-corrected chi connectivity index (χ4v) is 3.29. The number of nitrogens with zero attached hydrogens (tertiary/aromatic N) is 1. The number of phenolic OH excluding ortho intramolecular Hbond substituents is 2. The summed E-state index contributed by atoms with van der Waals surface area (Å²) in [6.07, 6.45) is 1.47. The van der Waals surface area contributed by atoms with E-state index in [1.54, 1.807) is 12.1 Å². The lowest BCUT2D eigenvalue weighted by atomic mass is 10.1. The first-order chi connectivity index (χ1) is 11.4. The molecule has 24 heavy (non-hydrogen) atoms. The van der Waals surface area contributed by atoms with Gasteiger partial charge < -0.3 is 10.2 Å². The summed E-state index contributed by atoms with van der Waals surface area (Å²) in [5, 5.41) is 27.8. The van der Waals surface area contributed by atoms with Crippen molar-refractivity contribution >= 4 is 57.8 Å². The van der Waals surface area contributed by atoms with E-state index < -0.39 is 5.91 Å². The van der Waals surface area contributed by atoms with Crippen molar-refractivity contribution in [1.29, 1.82) is 5.41 Å². The molecule has 3 N–H and O–H groups in total. The van der Waals surface area contributed by atoms with Crippen molar-refractivity contribution < 1.29 is 15.0 Å². The molecule has 0 atom stereocenters. The molecule has 0 radical (unpaired) electrons. The third kappa shape index (κ3) is 3.08. The van der Waals surface area contributed by atoms with Crippen molar-refractivity contribution in [2.75, 3.05) is 4.90 Å². The van der Waals surface area contributed by atoms with E-state index in [0.29, 0.717) is 16.3 Å². The van der Waals surface area contributed by atoms with E-state index in [2.05, 4.69) is 0 Å². The monoisotopic (exact) mass is 380 g/mol. The highest BCUT2D eigenvalue weighted by molar-refractivity contribution is 8.19. The second-order valence-electron chi connectivity index (χ2n) is 4.90. The molecule has 1 saturated heterocycles. The minimum absolute atomic E-state index is 0.0166. The molecule has 1 fully saturated rings. The van der Waals surface area contributed by atoms with E-state index >= 15 is 0 Å². The van der Waals surface area contributed by atoms with Gasteiger partial charge in [-0.25, -0.2) is 0 Å². The summed E-state index contributed by atoms with van der Waals surface area (Å²) in [6.45, 7) is 0. The summed E-state index contributed by atoms with van der Waals surface area (Å²) >= 11 is 12.8. The zero-order valence-corrected chi connectivity index (χ0v) is 14.3. The maximum absolute atomic E-state index is 12.6. The third-order valence-corrected chi connectivity index (χ3v) is 4.91. The van der Waals surface area contributed by atoms with Crippen LogP contribution in [0.15, 0.2) is 41.3 Å². The van der Waals surface area contributed by atoms with Gasteiger partial charge in [0.15, 0.2) is 5.17 Å². The lowest BCUT2D eigenvalue weighted by molar-refractivity contribution is -0.113. The second kappa shape index (κ2) is 6.39. The largest absolute Gasteiger partial charge is 0.508 e. The van der Waals surface area contributed by atoms with Gasteiger partial charge in [0.25, 0.3) is 5.91 Å². The van der Waals surface area contributed by atoms with Crippen LogP contribution in [0.5, 0.6) is 11.5 Å². The number of hydrogen-bond acceptors (Lipinski definition) is 5. The van der Waals surface area contributed by atoms with Gasteiger partial charge >= 0.3 is 0 Å². The molecule has 1 amide bonds. The maximum atomic E-state index is 12.6. The molecule has 3 rings (SSSR count). The van der Waals surface area contributed by atoms with Crippen LogP contribution in [-0.4, -0.2) is 21.3 Å². The van der Waals surface area contributed by atoms with Crippen molar-refractivity contribution in [1.82, 2.24) is 0 Å². The van der Waals surface area contributed by atoms with Crippen LogP contribution >= 0.6 is 35.0 Å². The Morgan fingerprint density at radius 1 is 1.08 bits per heavy atom. The normalized spacial score (nSPS) is 16.2. The zero-order valence-electron chi connectivity index (χ0n) is 12.0. The predicted molar refractivity (Wildman–Crippen MR) is 97.0 cm³/mol. The van der Waals surface area contributed by atoms with Crippen LogP contribution in [0.2, 0.25) is 10.0 Å². The van der Waals surface area contributed by atoms with E-state index in [1.165, 1.54) is 35.2 Å². The van der Waals surface area contributed by atoms with Crippen LogP contribution in [-0.2, 0) is 4.79 Å². The number of rotatable bonds is 2. The fraction of sp³-hybridized carbons (Fsp3) is 0. The molecule has 1 aliphatic heterocycles. The number of benzene rings is 2. The van der Waals surface area contributed by atoms with E-state index in [1.807, 2.05) is 0 Å². The highest BCUT2D eigenvalue weighted by Gasteiger charge is 2.34. The number of nitrogens with one attached hydrogen (secondary N) is 1. The average Bonchev–Trinajstić information content (AvgIpc) is 2.79. The van der Waals surface area contributed by atoms with Crippen molar-refractivity contribution in [3.05, 3.63) is 56.9 Å². The van der Waals surface area contributed by atoms with Crippen LogP contribution in [0.25, 0.3) is 6.08 Å². The summed E-state index contributed by atoms with van der Waals surface area (Å²) in [4.78, 5) is 14.1. The molecule has 0 saturated carbocycles. The molecule has 122 valence electrons. The minimum atomic E-state index is -0.407. The van der Waals surface area contributed by atoms with Gasteiger partial charge in [-0.1, -0.05) is 23.2 Å². The summed E-state index contributed by atoms with van der Waals surface area (Å²) in [5.74, 6) is -0.642. The molecule has 5 nitrogen and oxygen atoms in total. The van der Waals surface area contributed by atoms with E-state index in [9.17, 15) is 15.0 Å². The third-order valence-electron chi connectivity index (χ3n) is 3.29. The molecular formula is C16H10Cl2N2O3S. The number of halogens is 2. The van der Waals surface area contributed by atoms with Gasteiger partial charge in [0.05, 0.1) is 20.6 Å². The number of hydrogen-bond donors (Lipinski definition) is 3. The number of anilines is 1. The Labute approximate surface area is 151 Å². The smallest absolute Gasteiger partial charge is 0.271 e. The second-order valence-corrected chi connectivity index (χ2v) is 6.74. The van der Waals surface area contributed by atoms with Gasteiger partial charge in [0.1, 0.15) is 11.5 Å². The number of thioether (sulfide) groups is 1. The Morgan fingerprint density at radius 2 is 1.83 bits per heavy atom. The van der Waals surface area contributed by atoms with Crippen LogP contribution in [0, 0.1) is 5.41 Å². The molecule has 0 aromatic heterocycles. The predicted octanol–water partition coefficient (Wildman–Crippen LogP) is 4.46. The standard InChI is InChI=1S/C16H10Cl2N2O3S/c17-11-4-2-9(6-12(11)18)20-15(23)14(24-16(20)19)5-8-1-3-10(21)7-13(8)22/h1-7,19,21-22H/b14-5-,19-16?. The molecule has 0 aliphatic carbocycles. The lowest BCUT2D eigenvalue weighted by Gasteiger charge is -2.14. The number of carbonyl (C=O) groups is 1. The maximum Gasteiger partial charge on any atom is 0.271 e. The number of amides is 1. The van der Waals surface area contributed by atoms with Gasteiger partial charge in [-0.3, -0.25) is 15.1 Å². The molecule has 2 aromatic rings. The Hall–Kier alpha value is -2.15. The van der Waals surface area contributed by atoms with Crippen molar-refractivity contribution in [2.24, 2.45) is 0 Å². The average molecular weight is 381 g/mol. The topological polar surface area (TPSA) is 84.6 Å². The number of phenols is 2. The number of carbonyl (C=O) groups excluding carboxylic acids is 1. The van der Waals surface area contributed by atoms with Crippen molar-refractivity contribution in [2.45, 2.75) is 0 Å². The van der Waals surface area contributed by atoms with Gasteiger partial charge in [-0.15, -0.1) is 0 Å². The summed E-state index contributed by atoms with van der Waals surface area (Å²) in [6, 6.07) is 8.73. The quantitative estimate of drug-likeness (QED) is 0.671. The zero-order chi connectivity index (χ0) is 17.4. The van der Waals surface area contributed by atoms with E-state index in [-0.39, 0.29) is 26.6 Å². The van der Waals surface area contributed by atoms with Crippen LogP contribution in [0.3, 0.4) is 0 Å². The Balaban J connectivity index is 1.96. The number of amidine groups is 1. The SMILES string of the molecule is N=C1S/C(=C\c2ccc(O)cc2O)C(=O)N1c1ccc(Cl)c(Cl)c1. The fourth-order valence-electron chi connectivity index (χ4n) is 2.14. The summed E-state index contributed by atoms with van der Waals surface area (Å²) in [5.41, 5.74) is 0.803. The van der Waals surface area contributed by atoms with Crippen LogP contribution < -0.4 is 4.90 Å². The highest BCUT2D eigenvalue weighted by atomic mass is 35.5. The van der Waals surface area contributed by atoms with Crippen molar-refractivity contribution in [3.63, 3.8) is 0 Å². The first-order valence-electron chi connectivity index (χ1n) is 6.66. The molecule has 0 bridgehead atoms. The summed E-state index contributed by atoms with van der Waals surface area (Å²) in [7, 11) is 0. The van der Waals surface area contributed by atoms with Gasteiger partial charge in [0, 0.05) is 11.6 Å². The number of aromatic hydroxyl groups is 2. The first-order valence-corrected chi connectivity index (χ1v) is 8.23. The van der Waals surface area contributed by atoms with Crippen LogP contribution in [0.4, 0.5) is 5.69 Å². The minimum Gasteiger partial charge on any atom is -0.508 e. The van der Waals surface area contributed by atoms with Crippen molar-refractivity contribution in [3.8, 4) is 11.5 Å². The molecular weight excluding hydrogens is 371 g/mol. The highest BCUT2D eigenvalue weighted by Crippen LogP contribution is 2.38. The molecule has 1 heterocycles. The Kier molecular flexibility index (Phi) is 4.45. The molecule has 2 aromatic carbocycles. The molecule has 0 spiro atoms. The van der Waals surface area contributed by atoms with Gasteiger partial charge in [-0.05, 0) is 48.2 Å². The Bertz CT molecular complexity index is 899.